The van der Waals surface area contributed by atoms with Gasteiger partial charge in [-0.05, 0) is 47.7 Å². The van der Waals surface area contributed by atoms with Gasteiger partial charge in [0.1, 0.15) is 5.82 Å². The Kier molecular flexibility index (Phi) is 5.43. The quantitative estimate of drug-likeness (QED) is 0.600. The Morgan fingerprint density at radius 3 is 2.34 bits per heavy atom. The highest BCUT2D eigenvalue weighted by molar-refractivity contribution is 5.92. The molecular formula is C22H24F3N3O. The second-order valence-electron chi connectivity index (χ2n) is 8.48. The number of aromatic nitrogens is 2. The summed E-state index contributed by atoms with van der Waals surface area (Å²) in [4.78, 5) is 16.8. The van der Waals surface area contributed by atoms with Crippen molar-refractivity contribution < 1.29 is 18.0 Å². The number of halogens is 3. The van der Waals surface area contributed by atoms with Gasteiger partial charge in [0.2, 0.25) is 5.91 Å². The summed E-state index contributed by atoms with van der Waals surface area (Å²) in [5.74, 6) is 0.440. The highest BCUT2D eigenvalue weighted by Gasteiger charge is 2.29. The number of hydrogen-bond donors (Lipinski definition) is 1. The molecule has 154 valence electrons. The Bertz CT molecular complexity index is 1030. The summed E-state index contributed by atoms with van der Waals surface area (Å²) < 4.78 is 40.1. The first-order chi connectivity index (χ1) is 13.4. The molecule has 0 saturated heterocycles. The molecule has 29 heavy (non-hydrogen) atoms. The normalized spacial score (nSPS) is 12.4. The number of carbonyl (C=O) groups is 1. The van der Waals surface area contributed by atoms with E-state index >= 15 is 0 Å². The molecule has 1 N–H and O–H groups in total. The van der Waals surface area contributed by atoms with E-state index in [2.05, 4.69) is 10.3 Å². The maximum Gasteiger partial charge on any atom is 0.416 e. The highest BCUT2D eigenvalue weighted by atomic mass is 19.4. The van der Waals surface area contributed by atoms with Crippen molar-refractivity contribution in [3.63, 3.8) is 0 Å². The van der Waals surface area contributed by atoms with Crippen molar-refractivity contribution in [1.29, 1.82) is 0 Å². The molecule has 0 radical (unpaired) electrons. The van der Waals surface area contributed by atoms with Crippen LogP contribution in [-0.2, 0) is 17.5 Å². The van der Waals surface area contributed by atoms with Crippen molar-refractivity contribution in [3.05, 3.63) is 59.3 Å². The summed E-state index contributed by atoms with van der Waals surface area (Å²) >= 11 is 0. The van der Waals surface area contributed by atoms with Crippen LogP contribution in [0.15, 0.2) is 42.6 Å². The standard InChI is InChI=1S/C22H24F3N3O/c1-14-11-18-17(26-20(14)27-19(29)12-21(2,3)4)9-10-28(18)13-15-5-7-16(8-6-15)22(23,24)25/h5-11H,12-13H2,1-4H3,(H,26,27,29). The van der Waals surface area contributed by atoms with E-state index in [4.69, 9.17) is 0 Å². The van der Waals surface area contributed by atoms with Crippen molar-refractivity contribution in [2.24, 2.45) is 5.41 Å². The van der Waals surface area contributed by atoms with Crippen LogP contribution >= 0.6 is 0 Å². The molecule has 0 aliphatic rings. The molecule has 1 amide bonds. The summed E-state index contributed by atoms with van der Waals surface area (Å²) in [5.41, 5.74) is 2.38. The van der Waals surface area contributed by atoms with Gasteiger partial charge in [-0.3, -0.25) is 4.79 Å². The molecule has 0 unspecified atom stereocenters. The van der Waals surface area contributed by atoms with Crippen molar-refractivity contribution in [2.45, 2.75) is 46.8 Å². The smallest absolute Gasteiger partial charge is 0.342 e. The zero-order chi connectivity index (χ0) is 21.4. The number of rotatable bonds is 4. The lowest BCUT2D eigenvalue weighted by Crippen LogP contribution is -2.20. The van der Waals surface area contributed by atoms with E-state index in [-0.39, 0.29) is 11.3 Å². The number of nitrogens with zero attached hydrogens (tertiary/aromatic N) is 2. The van der Waals surface area contributed by atoms with Crippen molar-refractivity contribution >= 4 is 22.8 Å². The molecule has 7 heteroatoms. The van der Waals surface area contributed by atoms with E-state index in [1.807, 2.05) is 50.6 Å². The summed E-state index contributed by atoms with van der Waals surface area (Å²) in [6.07, 6.45) is -2.11. The number of alkyl halides is 3. The summed E-state index contributed by atoms with van der Waals surface area (Å²) in [6.45, 7) is 8.29. The molecule has 0 fully saturated rings. The molecule has 0 atom stereocenters. The molecule has 3 aromatic rings. The van der Waals surface area contributed by atoms with Crippen LogP contribution in [0.5, 0.6) is 0 Å². The molecular weight excluding hydrogens is 379 g/mol. The minimum absolute atomic E-state index is 0.0864. The molecule has 2 aromatic heterocycles. The van der Waals surface area contributed by atoms with Crippen molar-refractivity contribution in [1.82, 2.24) is 9.55 Å². The van der Waals surface area contributed by atoms with Gasteiger partial charge < -0.3 is 9.88 Å². The number of carbonyl (C=O) groups excluding carboxylic acids is 1. The number of benzene rings is 1. The van der Waals surface area contributed by atoms with Crippen LogP contribution in [0.3, 0.4) is 0 Å². The maximum atomic E-state index is 12.7. The molecule has 0 bridgehead atoms. The van der Waals surface area contributed by atoms with Crippen LogP contribution in [0, 0.1) is 12.3 Å². The molecule has 0 spiro atoms. The van der Waals surface area contributed by atoms with E-state index in [0.29, 0.717) is 24.3 Å². The SMILES string of the molecule is Cc1cc2c(ccn2Cc2ccc(C(F)(F)F)cc2)nc1NC(=O)CC(C)(C)C. The van der Waals surface area contributed by atoms with Gasteiger partial charge in [-0.15, -0.1) is 0 Å². The number of anilines is 1. The van der Waals surface area contributed by atoms with Crippen LogP contribution in [0.2, 0.25) is 0 Å². The average Bonchev–Trinajstić information content (AvgIpc) is 2.95. The van der Waals surface area contributed by atoms with Gasteiger partial charge in [0, 0.05) is 19.2 Å². The van der Waals surface area contributed by atoms with Crippen LogP contribution in [0.1, 0.15) is 43.9 Å². The molecule has 0 aliphatic heterocycles. The molecule has 2 heterocycles. The van der Waals surface area contributed by atoms with Crippen molar-refractivity contribution in [3.8, 4) is 0 Å². The lowest BCUT2D eigenvalue weighted by atomic mass is 9.92. The third kappa shape index (κ3) is 5.16. The molecule has 0 aliphatic carbocycles. The predicted molar refractivity (Wildman–Crippen MR) is 108 cm³/mol. The summed E-state index contributed by atoms with van der Waals surface area (Å²) in [5, 5.41) is 2.87. The van der Waals surface area contributed by atoms with E-state index in [1.165, 1.54) is 12.1 Å². The number of pyridine rings is 1. The van der Waals surface area contributed by atoms with E-state index < -0.39 is 11.7 Å². The first-order valence-corrected chi connectivity index (χ1v) is 9.35. The Hall–Kier alpha value is -2.83. The largest absolute Gasteiger partial charge is 0.416 e. The van der Waals surface area contributed by atoms with Crippen LogP contribution in [0.4, 0.5) is 19.0 Å². The number of fused-ring (bicyclic) bond motifs is 1. The third-order valence-corrected chi connectivity index (χ3v) is 4.53. The van der Waals surface area contributed by atoms with Gasteiger partial charge in [0.15, 0.2) is 0 Å². The molecule has 4 nitrogen and oxygen atoms in total. The fourth-order valence-electron chi connectivity index (χ4n) is 3.13. The van der Waals surface area contributed by atoms with Gasteiger partial charge >= 0.3 is 6.18 Å². The molecule has 1 aromatic carbocycles. The first-order valence-electron chi connectivity index (χ1n) is 9.35. The Balaban J connectivity index is 1.81. The van der Waals surface area contributed by atoms with E-state index in [1.54, 1.807) is 0 Å². The lowest BCUT2D eigenvalue weighted by Gasteiger charge is -2.17. The minimum Gasteiger partial charge on any atom is -0.342 e. The number of aryl methyl sites for hydroxylation is 1. The zero-order valence-electron chi connectivity index (χ0n) is 16.9. The zero-order valence-corrected chi connectivity index (χ0v) is 16.9. The summed E-state index contributed by atoms with van der Waals surface area (Å²) in [6, 6.07) is 8.91. The van der Waals surface area contributed by atoms with Gasteiger partial charge in [0.05, 0.1) is 16.6 Å². The fourth-order valence-corrected chi connectivity index (χ4v) is 3.13. The monoisotopic (exact) mass is 403 g/mol. The predicted octanol–water partition coefficient (Wildman–Crippen LogP) is 5.79. The Labute approximate surface area is 167 Å². The molecule has 0 saturated carbocycles. The van der Waals surface area contributed by atoms with Crippen LogP contribution in [0.25, 0.3) is 11.0 Å². The highest BCUT2D eigenvalue weighted by Crippen LogP contribution is 2.29. The third-order valence-electron chi connectivity index (χ3n) is 4.53. The maximum absolute atomic E-state index is 12.7. The van der Waals surface area contributed by atoms with E-state index in [0.717, 1.165) is 28.8 Å². The second kappa shape index (κ2) is 7.54. The Morgan fingerprint density at radius 2 is 1.76 bits per heavy atom. The first kappa shape index (κ1) is 20.9. The average molecular weight is 403 g/mol. The fraction of sp³-hybridized carbons (Fsp3) is 0.364. The van der Waals surface area contributed by atoms with Gasteiger partial charge in [-0.25, -0.2) is 4.98 Å². The van der Waals surface area contributed by atoms with Gasteiger partial charge in [-0.1, -0.05) is 32.9 Å². The minimum atomic E-state index is -4.34. The lowest BCUT2D eigenvalue weighted by molar-refractivity contribution is -0.137. The summed E-state index contributed by atoms with van der Waals surface area (Å²) in [7, 11) is 0. The molecule has 3 rings (SSSR count). The number of hydrogen-bond acceptors (Lipinski definition) is 2. The van der Waals surface area contributed by atoms with Crippen LogP contribution in [-0.4, -0.2) is 15.5 Å². The number of nitrogens with one attached hydrogen (secondary N) is 1. The topological polar surface area (TPSA) is 46.9 Å². The van der Waals surface area contributed by atoms with Gasteiger partial charge in [-0.2, -0.15) is 13.2 Å². The van der Waals surface area contributed by atoms with E-state index in [9.17, 15) is 18.0 Å². The Morgan fingerprint density at radius 1 is 1.10 bits per heavy atom. The van der Waals surface area contributed by atoms with Crippen molar-refractivity contribution in [2.75, 3.05) is 5.32 Å². The number of amides is 1. The second-order valence-corrected chi connectivity index (χ2v) is 8.48. The van der Waals surface area contributed by atoms with Gasteiger partial charge in [0.25, 0.3) is 0 Å². The van der Waals surface area contributed by atoms with Crippen LogP contribution < -0.4 is 5.32 Å².